The molecule has 3 rings (SSSR count). The maximum atomic E-state index is 9.99. The summed E-state index contributed by atoms with van der Waals surface area (Å²) in [6.07, 6.45) is 7.95. The molecule has 0 spiro atoms. The van der Waals surface area contributed by atoms with Gasteiger partial charge in [0.05, 0.1) is 11.3 Å². The molecule has 1 heterocycles. The molecule has 0 saturated heterocycles. The molecule has 0 N–H and O–H groups in total. The van der Waals surface area contributed by atoms with Gasteiger partial charge in [0.1, 0.15) is 11.1 Å². The number of nitrogens with zero attached hydrogens (tertiary/aromatic N) is 2. The molecule has 32 heavy (non-hydrogen) atoms. The fraction of sp³-hybridized carbons (Fsp3) is 0.357. The minimum atomic E-state index is 0.678. The van der Waals surface area contributed by atoms with Gasteiger partial charge in [-0.2, -0.15) is 17.0 Å². The molecule has 0 aliphatic carbocycles. The molecule has 0 aliphatic rings. The highest BCUT2D eigenvalue weighted by Crippen LogP contribution is 2.35. The van der Waals surface area contributed by atoms with E-state index in [0.29, 0.717) is 5.56 Å². The lowest BCUT2D eigenvalue weighted by atomic mass is 9.99. The quantitative estimate of drug-likeness (QED) is 0.154. The minimum Gasteiger partial charge on any atom is -0.240 e. The molecule has 0 radical (unpaired) electrons. The molecule has 4 heteroatoms. The van der Waals surface area contributed by atoms with Crippen LogP contribution in [-0.2, 0) is 0 Å². The van der Waals surface area contributed by atoms with Gasteiger partial charge in [0, 0.05) is 16.2 Å². The molecular weight excluding hydrogens is 428 g/mol. The van der Waals surface area contributed by atoms with E-state index in [-0.39, 0.29) is 0 Å². The van der Waals surface area contributed by atoms with E-state index in [1.165, 1.54) is 49.8 Å². The summed E-state index contributed by atoms with van der Waals surface area (Å²) in [6, 6.07) is 23.1. The van der Waals surface area contributed by atoms with Crippen LogP contribution < -0.4 is 0 Å². The van der Waals surface area contributed by atoms with Gasteiger partial charge in [-0.05, 0) is 30.7 Å². The standard InChI is InChI=1S/C28H32N2S2/c1-3-4-5-6-7-11-18-31-21-32-28-26(20-29)25(23-12-9-8-10-13-23)19-27(30-28)24-16-14-22(2)15-17-24/h8-10,12-17,19H,3-7,11,18,21H2,1-2H3. The van der Waals surface area contributed by atoms with E-state index in [1.807, 2.05) is 30.0 Å². The van der Waals surface area contributed by atoms with Crippen LogP contribution in [0, 0.1) is 18.3 Å². The van der Waals surface area contributed by atoms with Crippen LogP contribution in [0.4, 0.5) is 0 Å². The zero-order valence-corrected chi connectivity index (χ0v) is 20.8. The van der Waals surface area contributed by atoms with Crippen molar-refractivity contribution >= 4 is 23.5 Å². The van der Waals surface area contributed by atoms with Crippen LogP contribution in [0.3, 0.4) is 0 Å². The maximum absolute atomic E-state index is 9.99. The van der Waals surface area contributed by atoms with E-state index < -0.39 is 0 Å². The summed E-state index contributed by atoms with van der Waals surface area (Å²) < 4.78 is 0. The van der Waals surface area contributed by atoms with Gasteiger partial charge < -0.3 is 0 Å². The van der Waals surface area contributed by atoms with Crippen molar-refractivity contribution in [3.63, 3.8) is 0 Å². The lowest BCUT2D eigenvalue weighted by molar-refractivity contribution is 0.627. The first-order chi connectivity index (χ1) is 15.7. The molecule has 2 nitrogen and oxygen atoms in total. The topological polar surface area (TPSA) is 36.7 Å². The Balaban J connectivity index is 1.76. The second-order valence-corrected chi connectivity index (χ2v) is 10.5. The second-order valence-electron chi connectivity index (χ2n) is 8.02. The fourth-order valence-electron chi connectivity index (χ4n) is 3.59. The highest BCUT2D eigenvalue weighted by atomic mass is 32.2. The predicted molar refractivity (Wildman–Crippen MR) is 141 cm³/mol. The monoisotopic (exact) mass is 460 g/mol. The van der Waals surface area contributed by atoms with E-state index >= 15 is 0 Å². The number of nitriles is 1. The van der Waals surface area contributed by atoms with Crippen molar-refractivity contribution in [1.29, 1.82) is 5.26 Å². The summed E-state index contributed by atoms with van der Waals surface area (Å²) in [5.74, 6) is 1.17. The number of hydrogen-bond donors (Lipinski definition) is 0. The van der Waals surface area contributed by atoms with Gasteiger partial charge in [-0.15, -0.1) is 0 Å². The Hall–Kier alpha value is -2.22. The number of aromatic nitrogens is 1. The van der Waals surface area contributed by atoms with Crippen molar-refractivity contribution in [1.82, 2.24) is 4.98 Å². The number of thioether (sulfide) groups is 2. The Kier molecular flexibility index (Phi) is 10.2. The average Bonchev–Trinajstić information content (AvgIpc) is 2.83. The van der Waals surface area contributed by atoms with Crippen molar-refractivity contribution in [2.45, 2.75) is 57.4 Å². The van der Waals surface area contributed by atoms with Crippen LogP contribution in [0.2, 0.25) is 0 Å². The van der Waals surface area contributed by atoms with Crippen molar-refractivity contribution < 1.29 is 0 Å². The Bertz CT molecular complexity index is 1010. The molecular formula is C28H32N2S2. The summed E-state index contributed by atoms with van der Waals surface area (Å²) in [6.45, 7) is 4.35. The van der Waals surface area contributed by atoms with Gasteiger partial charge in [-0.3, -0.25) is 0 Å². The molecule has 3 aromatic rings. The first-order valence-corrected chi connectivity index (χ1v) is 13.6. The summed E-state index contributed by atoms with van der Waals surface area (Å²) in [7, 11) is 0. The molecule has 0 fully saturated rings. The summed E-state index contributed by atoms with van der Waals surface area (Å²) in [5, 5.41) is 11.7. The normalized spacial score (nSPS) is 10.8. The van der Waals surface area contributed by atoms with Crippen molar-refractivity contribution in [2.24, 2.45) is 0 Å². The summed E-state index contributed by atoms with van der Waals surface area (Å²) >= 11 is 3.64. The zero-order chi connectivity index (χ0) is 22.6. The minimum absolute atomic E-state index is 0.678. The Labute approximate surface area is 201 Å². The largest absolute Gasteiger partial charge is 0.240 e. The van der Waals surface area contributed by atoms with Crippen LogP contribution in [0.15, 0.2) is 65.7 Å². The smallest absolute Gasteiger partial charge is 0.116 e. The number of pyridine rings is 1. The van der Waals surface area contributed by atoms with E-state index in [1.54, 1.807) is 11.8 Å². The lowest BCUT2D eigenvalue weighted by Gasteiger charge is -2.13. The van der Waals surface area contributed by atoms with Gasteiger partial charge in [0.15, 0.2) is 0 Å². The van der Waals surface area contributed by atoms with Gasteiger partial charge >= 0.3 is 0 Å². The zero-order valence-electron chi connectivity index (χ0n) is 19.1. The molecule has 1 aromatic heterocycles. The van der Waals surface area contributed by atoms with Crippen molar-refractivity contribution in [3.8, 4) is 28.5 Å². The number of benzene rings is 2. The third kappa shape index (κ3) is 7.15. The highest BCUT2D eigenvalue weighted by Gasteiger charge is 2.15. The Morgan fingerprint density at radius 2 is 1.59 bits per heavy atom. The average molecular weight is 461 g/mol. The van der Waals surface area contributed by atoms with Crippen LogP contribution >= 0.6 is 23.5 Å². The summed E-state index contributed by atoms with van der Waals surface area (Å²) in [4.78, 5) is 4.92. The van der Waals surface area contributed by atoms with Crippen molar-refractivity contribution in [2.75, 3.05) is 10.8 Å². The third-order valence-electron chi connectivity index (χ3n) is 5.45. The first-order valence-electron chi connectivity index (χ1n) is 11.5. The molecule has 2 aromatic carbocycles. The van der Waals surface area contributed by atoms with Gasteiger partial charge in [-0.1, -0.05) is 111 Å². The highest BCUT2D eigenvalue weighted by molar-refractivity contribution is 8.15. The van der Waals surface area contributed by atoms with Gasteiger partial charge in [0.25, 0.3) is 0 Å². The first kappa shape index (κ1) is 24.4. The van der Waals surface area contributed by atoms with E-state index in [2.05, 4.69) is 62.4 Å². The Morgan fingerprint density at radius 3 is 2.31 bits per heavy atom. The number of unbranched alkanes of at least 4 members (excludes halogenated alkanes) is 5. The third-order valence-corrected chi connectivity index (χ3v) is 7.74. The molecule has 0 amide bonds. The van der Waals surface area contributed by atoms with Crippen LogP contribution in [0.5, 0.6) is 0 Å². The fourth-order valence-corrected chi connectivity index (χ4v) is 5.71. The molecule has 0 aliphatic heterocycles. The van der Waals surface area contributed by atoms with Gasteiger partial charge in [-0.25, -0.2) is 4.98 Å². The molecule has 0 atom stereocenters. The lowest BCUT2D eigenvalue weighted by Crippen LogP contribution is -1.96. The van der Waals surface area contributed by atoms with Crippen LogP contribution in [0.25, 0.3) is 22.4 Å². The molecule has 166 valence electrons. The van der Waals surface area contributed by atoms with Crippen LogP contribution in [0.1, 0.15) is 56.6 Å². The van der Waals surface area contributed by atoms with Crippen molar-refractivity contribution in [3.05, 3.63) is 71.8 Å². The second kappa shape index (κ2) is 13.4. The number of rotatable bonds is 12. The maximum Gasteiger partial charge on any atom is 0.116 e. The predicted octanol–water partition coefficient (Wildman–Crippen LogP) is 8.74. The number of aryl methyl sites for hydroxylation is 1. The number of hydrogen-bond acceptors (Lipinski definition) is 4. The van der Waals surface area contributed by atoms with Gasteiger partial charge in [0.2, 0.25) is 0 Å². The van der Waals surface area contributed by atoms with E-state index in [4.69, 9.17) is 4.98 Å². The summed E-state index contributed by atoms with van der Waals surface area (Å²) in [5.41, 5.74) is 5.93. The SMILES string of the molecule is CCCCCCCCSCSc1nc(-c2ccc(C)cc2)cc(-c2ccccc2)c1C#N. The molecule has 0 unspecified atom stereocenters. The Morgan fingerprint density at radius 1 is 0.875 bits per heavy atom. The van der Waals surface area contributed by atoms with Crippen LogP contribution in [-0.4, -0.2) is 15.8 Å². The van der Waals surface area contributed by atoms with E-state index in [0.717, 1.165) is 32.5 Å². The molecule has 0 saturated carbocycles. The molecule has 0 bridgehead atoms. The van der Waals surface area contributed by atoms with E-state index in [9.17, 15) is 5.26 Å².